The molecule has 4 heteroatoms. The predicted molar refractivity (Wildman–Crippen MR) is 34.5 cm³/mol. The van der Waals surface area contributed by atoms with Crippen LogP contribution in [0.4, 0.5) is 0 Å². The number of ether oxygens (including phenoxy) is 1. The lowest BCUT2D eigenvalue weighted by molar-refractivity contribution is -0.0965. The number of rotatable bonds is 1. The fourth-order valence-corrected chi connectivity index (χ4v) is 1.03. The van der Waals surface area contributed by atoms with Crippen molar-refractivity contribution in [2.75, 3.05) is 13.2 Å². The molecule has 2 rings (SSSR count). The minimum absolute atomic E-state index is 0.0660. The molecule has 0 unspecified atom stereocenters. The van der Waals surface area contributed by atoms with Crippen molar-refractivity contribution >= 4 is 0 Å². The minimum atomic E-state index is 0.0660. The van der Waals surface area contributed by atoms with E-state index in [9.17, 15) is 0 Å². The summed E-state index contributed by atoms with van der Waals surface area (Å²) < 4.78 is 6.92. The van der Waals surface area contributed by atoms with E-state index in [4.69, 9.17) is 4.74 Å². The number of nitrogens with zero attached hydrogens (tertiary/aromatic N) is 3. The van der Waals surface area contributed by atoms with Crippen LogP contribution in [0.15, 0.2) is 12.4 Å². The highest BCUT2D eigenvalue weighted by atomic mass is 16.5. The Morgan fingerprint density at radius 3 is 2.80 bits per heavy atom. The summed E-state index contributed by atoms with van der Waals surface area (Å²) >= 11 is 0. The first-order valence-corrected chi connectivity index (χ1v) is 3.26. The first-order chi connectivity index (χ1) is 4.81. The van der Waals surface area contributed by atoms with Gasteiger partial charge in [0.05, 0.1) is 19.4 Å². The van der Waals surface area contributed by atoms with Gasteiger partial charge in [-0.1, -0.05) is 5.21 Å². The minimum Gasteiger partial charge on any atom is -0.376 e. The van der Waals surface area contributed by atoms with Gasteiger partial charge in [-0.05, 0) is 6.92 Å². The van der Waals surface area contributed by atoms with E-state index >= 15 is 0 Å². The van der Waals surface area contributed by atoms with Gasteiger partial charge in [0.15, 0.2) is 0 Å². The summed E-state index contributed by atoms with van der Waals surface area (Å²) in [5, 5.41) is 7.62. The second-order valence-electron chi connectivity index (χ2n) is 2.84. The lowest BCUT2D eigenvalue weighted by Gasteiger charge is -2.37. The van der Waals surface area contributed by atoms with Gasteiger partial charge in [0.1, 0.15) is 5.54 Å². The molecule has 0 atom stereocenters. The van der Waals surface area contributed by atoms with Gasteiger partial charge in [-0.15, -0.1) is 5.10 Å². The van der Waals surface area contributed by atoms with Crippen LogP contribution in [0, 0.1) is 0 Å². The Balaban J connectivity index is 2.27. The van der Waals surface area contributed by atoms with E-state index in [0.29, 0.717) is 0 Å². The fourth-order valence-electron chi connectivity index (χ4n) is 1.03. The highest BCUT2D eigenvalue weighted by molar-refractivity contribution is 4.88. The molecule has 1 aromatic heterocycles. The summed E-state index contributed by atoms with van der Waals surface area (Å²) in [5.41, 5.74) is 0.0660. The molecule has 0 spiro atoms. The van der Waals surface area contributed by atoms with Crippen molar-refractivity contribution in [2.24, 2.45) is 0 Å². The molecular formula is C6H9N3O. The average Bonchev–Trinajstić information content (AvgIpc) is 2.33. The molecule has 1 aliphatic rings. The van der Waals surface area contributed by atoms with Gasteiger partial charge < -0.3 is 4.74 Å². The Morgan fingerprint density at radius 1 is 1.60 bits per heavy atom. The average molecular weight is 139 g/mol. The van der Waals surface area contributed by atoms with Gasteiger partial charge >= 0.3 is 0 Å². The second kappa shape index (κ2) is 1.79. The van der Waals surface area contributed by atoms with Gasteiger partial charge in [0.2, 0.25) is 0 Å². The van der Waals surface area contributed by atoms with Crippen LogP contribution in [0.2, 0.25) is 0 Å². The lowest BCUT2D eigenvalue weighted by Crippen LogP contribution is -2.49. The molecule has 0 aromatic carbocycles. The first-order valence-electron chi connectivity index (χ1n) is 3.26. The molecule has 0 amide bonds. The molecule has 0 bridgehead atoms. The molecule has 0 N–H and O–H groups in total. The van der Waals surface area contributed by atoms with Crippen molar-refractivity contribution in [1.82, 2.24) is 15.0 Å². The van der Waals surface area contributed by atoms with Gasteiger partial charge in [0.25, 0.3) is 0 Å². The largest absolute Gasteiger partial charge is 0.376 e. The number of hydrogen-bond acceptors (Lipinski definition) is 3. The Kier molecular flexibility index (Phi) is 1.05. The molecular weight excluding hydrogens is 130 g/mol. The van der Waals surface area contributed by atoms with Gasteiger partial charge in [-0.25, -0.2) is 4.68 Å². The van der Waals surface area contributed by atoms with Crippen LogP contribution in [0.3, 0.4) is 0 Å². The van der Waals surface area contributed by atoms with E-state index in [2.05, 4.69) is 17.2 Å². The maximum Gasteiger partial charge on any atom is 0.108 e. The van der Waals surface area contributed by atoms with Crippen LogP contribution in [0.25, 0.3) is 0 Å². The van der Waals surface area contributed by atoms with E-state index < -0.39 is 0 Å². The standard InChI is InChI=1S/C6H9N3O/c1-6(4-10-5-6)9-3-2-7-8-9/h2-3H,4-5H2,1H3. The summed E-state index contributed by atoms with van der Waals surface area (Å²) in [6, 6.07) is 0. The quantitative estimate of drug-likeness (QED) is 0.550. The molecule has 1 fully saturated rings. The van der Waals surface area contributed by atoms with Gasteiger partial charge in [-0.2, -0.15) is 0 Å². The van der Waals surface area contributed by atoms with Crippen LogP contribution < -0.4 is 0 Å². The molecule has 1 saturated heterocycles. The summed E-state index contributed by atoms with van der Waals surface area (Å²) in [6.07, 6.45) is 3.55. The van der Waals surface area contributed by atoms with Gasteiger partial charge in [0, 0.05) is 6.20 Å². The van der Waals surface area contributed by atoms with Crippen LogP contribution in [0.1, 0.15) is 6.92 Å². The van der Waals surface area contributed by atoms with Crippen molar-refractivity contribution in [2.45, 2.75) is 12.5 Å². The third-order valence-corrected chi connectivity index (χ3v) is 1.80. The monoisotopic (exact) mass is 139 g/mol. The third kappa shape index (κ3) is 0.654. The molecule has 10 heavy (non-hydrogen) atoms. The summed E-state index contributed by atoms with van der Waals surface area (Å²) in [5.74, 6) is 0. The second-order valence-corrected chi connectivity index (χ2v) is 2.84. The van der Waals surface area contributed by atoms with E-state index in [-0.39, 0.29) is 5.54 Å². The molecule has 0 radical (unpaired) electrons. The summed E-state index contributed by atoms with van der Waals surface area (Å²) in [4.78, 5) is 0. The molecule has 4 nitrogen and oxygen atoms in total. The molecule has 0 saturated carbocycles. The lowest BCUT2D eigenvalue weighted by atomic mass is 10.0. The van der Waals surface area contributed by atoms with Crippen molar-refractivity contribution in [3.63, 3.8) is 0 Å². The van der Waals surface area contributed by atoms with E-state index in [1.165, 1.54) is 0 Å². The van der Waals surface area contributed by atoms with Crippen molar-refractivity contribution < 1.29 is 4.74 Å². The molecule has 54 valence electrons. The zero-order chi connectivity index (χ0) is 7.03. The van der Waals surface area contributed by atoms with Crippen molar-refractivity contribution in [1.29, 1.82) is 0 Å². The Labute approximate surface area is 58.8 Å². The maximum atomic E-state index is 5.07. The third-order valence-electron chi connectivity index (χ3n) is 1.80. The molecule has 1 aromatic rings. The fraction of sp³-hybridized carbons (Fsp3) is 0.667. The van der Waals surface area contributed by atoms with Crippen LogP contribution >= 0.6 is 0 Å². The highest BCUT2D eigenvalue weighted by Gasteiger charge is 2.35. The molecule has 1 aliphatic heterocycles. The normalized spacial score (nSPS) is 22.1. The van der Waals surface area contributed by atoms with Crippen LogP contribution in [-0.2, 0) is 10.3 Å². The Morgan fingerprint density at radius 2 is 2.40 bits per heavy atom. The van der Waals surface area contributed by atoms with E-state index in [0.717, 1.165) is 13.2 Å². The number of hydrogen-bond donors (Lipinski definition) is 0. The van der Waals surface area contributed by atoms with Gasteiger partial charge in [-0.3, -0.25) is 0 Å². The zero-order valence-corrected chi connectivity index (χ0v) is 5.82. The van der Waals surface area contributed by atoms with E-state index in [1.807, 2.05) is 10.9 Å². The topological polar surface area (TPSA) is 39.9 Å². The van der Waals surface area contributed by atoms with Crippen LogP contribution in [0.5, 0.6) is 0 Å². The Bertz CT molecular complexity index is 215. The van der Waals surface area contributed by atoms with Crippen molar-refractivity contribution in [3.8, 4) is 0 Å². The predicted octanol–water partition coefficient (Wildman–Crippen LogP) is 0.0235. The summed E-state index contributed by atoms with van der Waals surface area (Å²) in [7, 11) is 0. The summed E-state index contributed by atoms with van der Waals surface area (Å²) in [6.45, 7) is 3.60. The number of aromatic nitrogens is 3. The van der Waals surface area contributed by atoms with Crippen LogP contribution in [-0.4, -0.2) is 28.2 Å². The molecule has 2 heterocycles. The first kappa shape index (κ1) is 5.85. The molecule has 0 aliphatic carbocycles. The SMILES string of the molecule is CC1(n2ccnn2)COC1. The Hall–Kier alpha value is -0.900. The smallest absolute Gasteiger partial charge is 0.108 e. The zero-order valence-electron chi connectivity index (χ0n) is 5.82. The van der Waals surface area contributed by atoms with Crippen molar-refractivity contribution in [3.05, 3.63) is 12.4 Å². The maximum absolute atomic E-state index is 5.07. The van der Waals surface area contributed by atoms with E-state index in [1.54, 1.807) is 6.20 Å². The highest BCUT2D eigenvalue weighted by Crippen LogP contribution is 2.23.